The van der Waals surface area contributed by atoms with E-state index in [0.717, 1.165) is 13.9 Å². The van der Waals surface area contributed by atoms with Crippen molar-refractivity contribution < 1.29 is 4.74 Å². The van der Waals surface area contributed by atoms with Crippen LogP contribution in [-0.2, 0) is 4.74 Å². The summed E-state index contributed by atoms with van der Waals surface area (Å²) in [6.07, 6.45) is 0.449. The van der Waals surface area contributed by atoms with Crippen LogP contribution in [0.3, 0.4) is 0 Å². The number of rotatable bonds is 3. The van der Waals surface area contributed by atoms with Gasteiger partial charge in [0, 0.05) is 0 Å². The average Bonchev–Trinajstić information content (AvgIpc) is 2.30. The molecule has 1 saturated heterocycles. The van der Waals surface area contributed by atoms with Crippen LogP contribution in [0.2, 0.25) is 5.31 Å². The Labute approximate surface area is 69.7 Å². The first kappa shape index (κ1) is 9.08. The van der Waals surface area contributed by atoms with E-state index >= 15 is 0 Å². The second kappa shape index (κ2) is 2.49. The highest BCUT2D eigenvalue weighted by molar-refractivity contribution is 6.44. The van der Waals surface area contributed by atoms with E-state index in [4.69, 9.17) is 10.5 Å². The predicted octanol–water partition coefficient (Wildman–Crippen LogP) is 0.715. The molecule has 0 aliphatic carbocycles. The summed E-state index contributed by atoms with van der Waals surface area (Å²) in [5.41, 5.74) is 5.86. The highest BCUT2D eigenvalue weighted by Crippen LogP contribution is 2.39. The van der Waals surface area contributed by atoms with Gasteiger partial charge >= 0.3 is 0 Å². The van der Waals surface area contributed by atoms with Gasteiger partial charge < -0.3 is 10.5 Å². The van der Waals surface area contributed by atoms with Crippen LogP contribution in [-0.4, -0.2) is 25.4 Å². The SMILES string of the molecule is CC(C)(N)BC(C)(C)C1CO1. The molecule has 11 heavy (non-hydrogen) atoms. The average molecular weight is 155 g/mol. The molecule has 1 atom stereocenters. The predicted molar refractivity (Wildman–Crippen MR) is 49.2 cm³/mol. The maximum Gasteiger partial charge on any atom is 0.154 e. The molecular formula is C8H18BNO. The van der Waals surface area contributed by atoms with Crippen molar-refractivity contribution in [2.24, 2.45) is 5.73 Å². The van der Waals surface area contributed by atoms with E-state index in [1.807, 2.05) is 0 Å². The summed E-state index contributed by atoms with van der Waals surface area (Å²) in [7, 11) is 1.02. The largest absolute Gasteiger partial charge is 0.373 e. The molecule has 0 amide bonds. The van der Waals surface area contributed by atoms with Gasteiger partial charge in [-0.15, -0.1) is 0 Å². The second-order valence-electron chi connectivity index (χ2n) is 4.98. The Morgan fingerprint density at radius 3 is 2.09 bits per heavy atom. The van der Waals surface area contributed by atoms with Crippen molar-refractivity contribution in [1.29, 1.82) is 0 Å². The summed E-state index contributed by atoms with van der Waals surface area (Å²) >= 11 is 0. The topological polar surface area (TPSA) is 38.5 Å². The van der Waals surface area contributed by atoms with Crippen molar-refractivity contribution in [3.63, 3.8) is 0 Å². The zero-order chi connectivity index (χ0) is 8.70. The maximum atomic E-state index is 5.93. The molecule has 1 heterocycles. The Morgan fingerprint density at radius 2 is 1.82 bits per heavy atom. The minimum Gasteiger partial charge on any atom is -0.373 e. The first-order valence-electron chi connectivity index (χ1n) is 4.22. The normalized spacial score (nSPS) is 25.0. The monoisotopic (exact) mass is 155 g/mol. The fraction of sp³-hybridized carbons (Fsp3) is 1.00. The first-order valence-corrected chi connectivity index (χ1v) is 4.22. The van der Waals surface area contributed by atoms with Gasteiger partial charge in [-0.1, -0.05) is 27.7 Å². The molecule has 1 fully saturated rings. The number of hydrogen-bond donors (Lipinski definition) is 1. The van der Waals surface area contributed by atoms with Crippen LogP contribution in [0.4, 0.5) is 0 Å². The first-order chi connectivity index (χ1) is 4.81. The molecule has 0 aromatic rings. The quantitative estimate of drug-likeness (QED) is 0.481. The molecule has 1 aliphatic rings. The van der Waals surface area contributed by atoms with Gasteiger partial charge in [0.1, 0.15) is 0 Å². The molecule has 1 unspecified atom stereocenters. The van der Waals surface area contributed by atoms with Crippen LogP contribution in [0.1, 0.15) is 27.7 Å². The Hall–Kier alpha value is -0.0151. The van der Waals surface area contributed by atoms with Crippen LogP contribution >= 0.6 is 0 Å². The van der Waals surface area contributed by atoms with Gasteiger partial charge in [-0.05, 0) is 10.8 Å². The number of nitrogens with two attached hydrogens (primary N) is 1. The Bertz CT molecular complexity index is 147. The highest BCUT2D eigenvalue weighted by atomic mass is 16.6. The maximum absolute atomic E-state index is 5.93. The van der Waals surface area contributed by atoms with Crippen LogP contribution in [0, 0.1) is 0 Å². The van der Waals surface area contributed by atoms with Gasteiger partial charge in [0.25, 0.3) is 0 Å². The molecule has 1 rings (SSSR count). The van der Waals surface area contributed by atoms with Crippen LogP contribution in [0.5, 0.6) is 0 Å². The van der Waals surface area contributed by atoms with E-state index in [1.54, 1.807) is 0 Å². The minimum absolute atomic E-state index is 0.0740. The Kier molecular flexibility index (Phi) is 2.06. The fourth-order valence-electron chi connectivity index (χ4n) is 1.79. The lowest BCUT2D eigenvalue weighted by Gasteiger charge is -2.29. The number of hydrogen-bond acceptors (Lipinski definition) is 2. The van der Waals surface area contributed by atoms with Gasteiger partial charge in [-0.2, -0.15) is 0 Å². The summed E-state index contributed by atoms with van der Waals surface area (Å²) in [6.45, 7) is 9.50. The Balaban J connectivity index is 2.45. The van der Waals surface area contributed by atoms with Crippen molar-refractivity contribution in [2.75, 3.05) is 6.61 Å². The molecule has 3 heteroatoms. The van der Waals surface area contributed by atoms with E-state index in [0.29, 0.717) is 6.10 Å². The number of ether oxygens (including phenoxy) is 1. The van der Waals surface area contributed by atoms with E-state index < -0.39 is 0 Å². The Morgan fingerprint density at radius 1 is 1.36 bits per heavy atom. The molecule has 64 valence electrons. The van der Waals surface area contributed by atoms with Crippen molar-refractivity contribution in [1.82, 2.24) is 0 Å². The smallest absolute Gasteiger partial charge is 0.154 e. The van der Waals surface area contributed by atoms with Gasteiger partial charge in [0.05, 0.1) is 12.7 Å². The zero-order valence-corrected chi connectivity index (χ0v) is 7.98. The lowest BCUT2D eigenvalue weighted by atomic mass is 9.43. The lowest BCUT2D eigenvalue weighted by Crippen LogP contribution is -2.45. The molecule has 2 N–H and O–H groups in total. The molecular weight excluding hydrogens is 137 g/mol. The third kappa shape index (κ3) is 2.84. The van der Waals surface area contributed by atoms with Gasteiger partial charge in [-0.3, -0.25) is 0 Å². The molecule has 0 bridgehead atoms. The van der Waals surface area contributed by atoms with E-state index in [9.17, 15) is 0 Å². The summed E-state index contributed by atoms with van der Waals surface area (Å²) in [4.78, 5) is 0. The highest BCUT2D eigenvalue weighted by Gasteiger charge is 2.42. The molecule has 0 aromatic carbocycles. The van der Waals surface area contributed by atoms with Crippen LogP contribution in [0.15, 0.2) is 0 Å². The van der Waals surface area contributed by atoms with E-state index in [-0.39, 0.29) is 10.8 Å². The summed E-state index contributed by atoms with van der Waals surface area (Å²) in [5.74, 6) is 0. The lowest BCUT2D eigenvalue weighted by molar-refractivity contribution is 0.359. The third-order valence-corrected chi connectivity index (χ3v) is 2.12. The standard InChI is InChI=1S/C8H18BNO/c1-7(2,6-5-11-6)9-8(3,4)10/h6,9H,5,10H2,1-4H3. The number of epoxide rings is 1. The molecule has 0 saturated carbocycles. The van der Waals surface area contributed by atoms with Gasteiger partial charge in [0.15, 0.2) is 7.28 Å². The molecule has 1 aliphatic heterocycles. The van der Waals surface area contributed by atoms with Crippen molar-refractivity contribution in [3.8, 4) is 0 Å². The van der Waals surface area contributed by atoms with Crippen molar-refractivity contribution in [3.05, 3.63) is 0 Å². The third-order valence-electron chi connectivity index (χ3n) is 2.12. The zero-order valence-electron chi connectivity index (χ0n) is 7.98. The van der Waals surface area contributed by atoms with E-state index in [2.05, 4.69) is 27.7 Å². The van der Waals surface area contributed by atoms with Crippen LogP contribution in [0.25, 0.3) is 0 Å². The molecule has 0 spiro atoms. The second-order valence-corrected chi connectivity index (χ2v) is 4.98. The molecule has 0 radical (unpaired) electrons. The van der Waals surface area contributed by atoms with Gasteiger partial charge in [0.2, 0.25) is 0 Å². The van der Waals surface area contributed by atoms with Crippen LogP contribution < -0.4 is 5.73 Å². The van der Waals surface area contributed by atoms with Gasteiger partial charge in [-0.25, -0.2) is 0 Å². The fourth-order valence-corrected chi connectivity index (χ4v) is 1.79. The van der Waals surface area contributed by atoms with E-state index in [1.165, 1.54) is 0 Å². The molecule has 0 aromatic heterocycles. The summed E-state index contributed by atoms with van der Waals surface area (Å²) in [5, 5.41) is 0.248. The van der Waals surface area contributed by atoms with Crippen molar-refractivity contribution >= 4 is 7.28 Å². The minimum atomic E-state index is -0.0740. The summed E-state index contributed by atoms with van der Waals surface area (Å²) < 4.78 is 5.26. The molecule has 2 nitrogen and oxygen atoms in total. The summed E-state index contributed by atoms with van der Waals surface area (Å²) in [6, 6.07) is 0. The van der Waals surface area contributed by atoms with Crippen molar-refractivity contribution in [2.45, 2.75) is 44.6 Å².